The van der Waals surface area contributed by atoms with Gasteiger partial charge in [0.25, 0.3) is 0 Å². The zero-order valence-corrected chi connectivity index (χ0v) is 7.73. The minimum absolute atomic E-state index is 0.627. The molecule has 0 aliphatic rings. The minimum Gasteiger partial charge on any atom is -0.411 e. The van der Waals surface area contributed by atoms with Gasteiger partial charge in [0, 0.05) is 10.9 Å². The van der Waals surface area contributed by atoms with Crippen LogP contribution in [0.2, 0.25) is 0 Å². The third kappa shape index (κ3) is 1.81. The molecule has 1 rings (SSSR count). The molecule has 0 bridgehead atoms. The van der Waals surface area contributed by atoms with E-state index in [1.165, 1.54) is 5.56 Å². The molecule has 3 heteroatoms. The molecule has 2 N–H and O–H groups in total. The van der Waals surface area contributed by atoms with Crippen LogP contribution in [0.3, 0.4) is 0 Å². The van der Waals surface area contributed by atoms with Gasteiger partial charge in [0.05, 0.1) is 0 Å². The third-order valence-corrected chi connectivity index (χ3v) is 1.99. The first-order valence-electron chi connectivity index (χ1n) is 3.76. The number of hydrogen-bond acceptors (Lipinski definition) is 3. The largest absolute Gasteiger partial charge is 0.411 e. The van der Waals surface area contributed by atoms with Crippen LogP contribution in [0.5, 0.6) is 5.75 Å². The molecule has 1 aromatic carbocycles. The van der Waals surface area contributed by atoms with E-state index in [2.05, 4.69) is 11.8 Å². The van der Waals surface area contributed by atoms with Gasteiger partial charge in [-0.25, -0.2) is 0 Å². The molecule has 0 radical (unpaired) electrons. The Kier molecular flexibility index (Phi) is 3.19. The molecule has 0 aliphatic carbocycles. The highest BCUT2D eigenvalue weighted by atomic mass is 32.1. The van der Waals surface area contributed by atoms with Crippen molar-refractivity contribution in [2.24, 2.45) is 5.90 Å². The van der Waals surface area contributed by atoms with Gasteiger partial charge < -0.3 is 4.84 Å². The maximum atomic E-state index is 5.05. The van der Waals surface area contributed by atoms with E-state index in [-0.39, 0.29) is 0 Å². The summed E-state index contributed by atoms with van der Waals surface area (Å²) in [6.07, 6.45) is 0.987. The first-order valence-corrected chi connectivity index (χ1v) is 4.23. The van der Waals surface area contributed by atoms with E-state index in [1.54, 1.807) is 5.37 Å². The summed E-state index contributed by atoms with van der Waals surface area (Å²) in [5, 5.41) is 1.57. The van der Waals surface area contributed by atoms with Crippen molar-refractivity contribution in [2.45, 2.75) is 13.3 Å². The molecule has 0 unspecified atom stereocenters. The van der Waals surface area contributed by atoms with Crippen LogP contribution in [-0.2, 0) is 6.42 Å². The Morgan fingerprint density at radius 2 is 2.33 bits per heavy atom. The van der Waals surface area contributed by atoms with Crippen LogP contribution < -0.4 is 10.7 Å². The lowest BCUT2D eigenvalue weighted by Gasteiger charge is -2.04. The number of aryl methyl sites for hydroxylation is 1. The number of nitrogens with two attached hydrogens (primary N) is 1. The van der Waals surface area contributed by atoms with Gasteiger partial charge in [0.2, 0.25) is 0 Å². The molecule has 0 aliphatic heterocycles. The van der Waals surface area contributed by atoms with Gasteiger partial charge in [-0.2, -0.15) is 5.90 Å². The van der Waals surface area contributed by atoms with E-state index < -0.39 is 0 Å². The van der Waals surface area contributed by atoms with Crippen LogP contribution in [0, 0.1) is 0 Å². The summed E-state index contributed by atoms with van der Waals surface area (Å²) < 4.78 is 0. The lowest BCUT2D eigenvalue weighted by molar-refractivity contribution is 0.334. The van der Waals surface area contributed by atoms with Crippen molar-refractivity contribution in [3.63, 3.8) is 0 Å². The van der Waals surface area contributed by atoms with Gasteiger partial charge in [-0.1, -0.05) is 25.2 Å². The fraction of sp³-hybridized carbons (Fsp3) is 0.222. The molecule has 64 valence electrons. The number of hydrogen-bond donors (Lipinski definition) is 1. The molecule has 0 fully saturated rings. The van der Waals surface area contributed by atoms with Crippen LogP contribution in [0.1, 0.15) is 18.1 Å². The van der Waals surface area contributed by atoms with Gasteiger partial charge in [-0.05, 0) is 24.1 Å². The second kappa shape index (κ2) is 4.18. The van der Waals surface area contributed by atoms with E-state index >= 15 is 0 Å². The molecule has 0 amide bonds. The van der Waals surface area contributed by atoms with Crippen molar-refractivity contribution in [1.82, 2.24) is 0 Å². The first-order chi connectivity index (χ1) is 5.81. The molecule has 12 heavy (non-hydrogen) atoms. The Morgan fingerprint density at radius 3 is 2.83 bits per heavy atom. The average molecular weight is 181 g/mol. The smallest absolute Gasteiger partial charge is 0.154 e. The molecule has 2 nitrogen and oxygen atoms in total. The van der Waals surface area contributed by atoms with E-state index in [1.807, 2.05) is 18.2 Å². The van der Waals surface area contributed by atoms with E-state index in [0.717, 1.165) is 12.0 Å². The topological polar surface area (TPSA) is 35.2 Å². The lowest BCUT2D eigenvalue weighted by atomic mass is 10.1. The third-order valence-electron chi connectivity index (χ3n) is 1.74. The van der Waals surface area contributed by atoms with Crippen LogP contribution in [0.25, 0.3) is 0 Å². The van der Waals surface area contributed by atoms with Gasteiger partial charge in [-0.15, -0.1) is 0 Å². The second-order valence-electron chi connectivity index (χ2n) is 2.46. The zero-order chi connectivity index (χ0) is 8.97. The second-order valence-corrected chi connectivity index (χ2v) is 2.70. The van der Waals surface area contributed by atoms with E-state index in [9.17, 15) is 0 Å². The van der Waals surface area contributed by atoms with Crippen molar-refractivity contribution in [3.05, 3.63) is 29.3 Å². The quantitative estimate of drug-likeness (QED) is 0.571. The highest BCUT2D eigenvalue weighted by molar-refractivity contribution is 7.79. The van der Waals surface area contributed by atoms with Crippen molar-refractivity contribution >= 4 is 17.6 Å². The maximum Gasteiger partial charge on any atom is 0.154 e. The summed E-state index contributed by atoms with van der Waals surface area (Å²) in [6, 6.07) is 5.79. The summed E-state index contributed by atoms with van der Waals surface area (Å²) in [4.78, 5) is 4.64. The molecule has 1 aromatic rings. The Balaban J connectivity index is 3.10. The summed E-state index contributed by atoms with van der Waals surface area (Å²) in [5.74, 6) is 5.68. The standard InChI is InChI=1S/C9H11NOS/c1-2-7-3-4-9(11-10)8(5-7)6-12/h3-6H,2,10H2,1H3. The SMILES string of the molecule is CCc1ccc(ON)c(C=S)c1. The fourth-order valence-electron chi connectivity index (χ4n) is 1.02. The van der Waals surface area contributed by atoms with Gasteiger partial charge >= 0.3 is 0 Å². The van der Waals surface area contributed by atoms with Crippen molar-refractivity contribution in [1.29, 1.82) is 0 Å². The summed E-state index contributed by atoms with van der Waals surface area (Å²) in [6.45, 7) is 2.09. The zero-order valence-electron chi connectivity index (χ0n) is 6.91. The van der Waals surface area contributed by atoms with Crippen LogP contribution in [-0.4, -0.2) is 5.37 Å². The molecule has 0 saturated carbocycles. The van der Waals surface area contributed by atoms with Gasteiger partial charge in [0.1, 0.15) is 0 Å². The van der Waals surface area contributed by atoms with E-state index in [0.29, 0.717) is 5.75 Å². The van der Waals surface area contributed by atoms with Gasteiger partial charge in [-0.3, -0.25) is 0 Å². The molecule has 0 heterocycles. The lowest BCUT2D eigenvalue weighted by Crippen LogP contribution is -2.04. The van der Waals surface area contributed by atoms with E-state index in [4.69, 9.17) is 18.1 Å². The van der Waals surface area contributed by atoms with Crippen LogP contribution >= 0.6 is 12.2 Å². The predicted molar refractivity (Wildman–Crippen MR) is 53.4 cm³/mol. The normalized spacial score (nSPS) is 9.50. The number of rotatable bonds is 3. The molecule has 0 spiro atoms. The summed E-state index contributed by atoms with van der Waals surface area (Å²) >= 11 is 4.82. The molecular weight excluding hydrogens is 170 g/mol. The Bertz CT molecular complexity index is 286. The minimum atomic E-state index is 0.627. The number of benzene rings is 1. The van der Waals surface area contributed by atoms with Crippen molar-refractivity contribution < 1.29 is 4.84 Å². The van der Waals surface area contributed by atoms with Crippen molar-refractivity contribution in [3.8, 4) is 5.75 Å². The Morgan fingerprint density at radius 1 is 1.58 bits per heavy atom. The summed E-state index contributed by atoms with van der Waals surface area (Å²) in [7, 11) is 0. The van der Waals surface area contributed by atoms with Crippen LogP contribution in [0.15, 0.2) is 18.2 Å². The molecular formula is C9H11NOS. The highest BCUT2D eigenvalue weighted by Crippen LogP contribution is 2.17. The average Bonchev–Trinajstić information content (AvgIpc) is 2.16. The first kappa shape index (κ1) is 9.16. The molecule has 0 aromatic heterocycles. The monoisotopic (exact) mass is 181 g/mol. The fourth-order valence-corrected chi connectivity index (χ4v) is 1.20. The maximum absolute atomic E-state index is 5.05. The highest BCUT2D eigenvalue weighted by Gasteiger charge is 2.00. The molecule has 0 atom stereocenters. The Labute approximate surface area is 77.3 Å². The Hall–Kier alpha value is -0.930. The number of thiocarbonyl (C=S) groups is 1. The van der Waals surface area contributed by atoms with Crippen molar-refractivity contribution in [2.75, 3.05) is 0 Å². The van der Waals surface area contributed by atoms with Gasteiger partial charge in [0.15, 0.2) is 5.75 Å². The summed E-state index contributed by atoms with van der Waals surface area (Å²) in [5.41, 5.74) is 2.10. The molecule has 0 saturated heterocycles. The predicted octanol–water partition coefficient (Wildman–Crippen LogP) is 1.85. The van der Waals surface area contributed by atoms with Crippen LogP contribution in [0.4, 0.5) is 0 Å².